The summed E-state index contributed by atoms with van der Waals surface area (Å²) in [4.78, 5) is 11.4. The molecule has 0 aromatic rings. The molecule has 3 nitrogen and oxygen atoms in total. The van der Waals surface area contributed by atoms with Crippen molar-refractivity contribution < 1.29 is 9.53 Å². The van der Waals surface area contributed by atoms with Crippen LogP contribution < -0.4 is 5.32 Å². The second-order valence-corrected chi connectivity index (χ2v) is 6.31. The highest BCUT2D eigenvalue weighted by atomic mass is 16.5. The van der Waals surface area contributed by atoms with Crippen molar-refractivity contribution in [3.63, 3.8) is 0 Å². The van der Waals surface area contributed by atoms with E-state index in [4.69, 9.17) is 4.74 Å². The van der Waals surface area contributed by atoms with Gasteiger partial charge in [-0.2, -0.15) is 0 Å². The summed E-state index contributed by atoms with van der Waals surface area (Å²) in [7, 11) is 1.50. The number of carbonyl (C=O) groups excluding carboxylic acids is 1. The minimum Gasteiger partial charge on any atom is -0.469 e. The average molecular weight is 237 g/mol. The first-order chi connectivity index (χ1) is 8.21. The minimum atomic E-state index is -0.0277. The zero-order valence-corrected chi connectivity index (χ0v) is 10.7. The number of rotatable bonds is 3. The van der Waals surface area contributed by atoms with Gasteiger partial charge in [0.25, 0.3) is 0 Å². The fourth-order valence-electron chi connectivity index (χ4n) is 3.63. The Kier molecular flexibility index (Phi) is 2.89. The fraction of sp³-hybridized carbons (Fsp3) is 0.929. The largest absolute Gasteiger partial charge is 0.469 e. The summed E-state index contributed by atoms with van der Waals surface area (Å²) in [5.41, 5.74) is 0.414. The second-order valence-electron chi connectivity index (χ2n) is 6.31. The molecule has 0 aromatic heterocycles. The Morgan fingerprint density at radius 2 is 2.18 bits per heavy atom. The molecular formula is C14H23NO2. The summed E-state index contributed by atoms with van der Waals surface area (Å²) in [6.07, 6.45) is 9.80. The van der Waals surface area contributed by atoms with Crippen molar-refractivity contribution >= 4 is 5.97 Å². The predicted molar refractivity (Wildman–Crippen MR) is 65.6 cm³/mol. The molecule has 17 heavy (non-hydrogen) atoms. The average Bonchev–Trinajstić information content (AvgIpc) is 2.94. The third-order valence-electron chi connectivity index (χ3n) is 5.01. The molecule has 96 valence electrons. The number of nitrogens with one attached hydrogen (secondary N) is 1. The van der Waals surface area contributed by atoms with Crippen LogP contribution in [-0.2, 0) is 9.53 Å². The first-order valence-corrected chi connectivity index (χ1v) is 7.05. The van der Waals surface area contributed by atoms with Gasteiger partial charge >= 0.3 is 5.97 Å². The van der Waals surface area contributed by atoms with E-state index in [2.05, 4.69) is 5.32 Å². The Hall–Kier alpha value is -0.570. The van der Waals surface area contributed by atoms with E-state index in [1.807, 2.05) is 0 Å². The maximum Gasteiger partial charge on any atom is 0.305 e. The third-order valence-corrected chi connectivity index (χ3v) is 5.01. The molecule has 2 unspecified atom stereocenters. The standard InChI is InChI=1S/C14H23NO2/c1-17-13(16)8-10-7-12(11-3-2-4-11)15-14(9-10)5-6-14/h10-12,15H,2-9H2,1H3. The van der Waals surface area contributed by atoms with E-state index >= 15 is 0 Å². The van der Waals surface area contributed by atoms with E-state index in [0.29, 0.717) is 23.9 Å². The number of methoxy groups -OCH3 is 1. The molecule has 1 heterocycles. The lowest BCUT2D eigenvalue weighted by Crippen LogP contribution is -2.52. The third kappa shape index (κ3) is 2.35. The molecule has 1 saturated heterocycles. The summed E-state index contributed by atoms with van der Waals surface area (Å²) in [5, 5.41) is 3.87. The quantitative estimate of drug-likeness (QED) is 0.765. The van der Waals surface area contributed by atoms with Crippen LogP contribution in [0.4, 0.5) is 0 Å². The monoisotopic (exact) mass is 237 g/mol. The molecule has 3 rings (SSSR count). The zero-order valence-electron chi connectivity index (χ0n) is 10.7. The lowest BCUT2D eigenvalue weighted by Gasteiger charge is -2.43. The fourth-order valence-corrected chi connectivity index (χ4v) is 3.63. The van der Waals surface area contributed by atoms with Gasteiger partial charge in [-0.25, -0.2) is 0 Å². The summed E-state index contributed by atoms with van der Waals surface area (Å²) >= 11 is 0. The molecule has 0 aromatic carbocycles. The summed E-state index contributed by atoms with van der Waals surface area (Å²) in [6.45, 7) is 0. The summed E-state index contributed by atoms with van der Waals surface area (Å²) < 4.78 is 4.82. The highest BCUT2D eigenvalue weighted by molar-refractivity contribution is 5.69. The van der Waals surface area contributed by atoms with Gasteiger partial charge in [-0.05, 0) is 50.4 Å². The van der Waals surface area contributed by atoms with Gasteiger partial charge in [-0.3, -0.25) is 4.79 Å². The topological polar surface area (TPSA) is 38.3 Å². The highest BCUT2D eigenvalue weighted by Crippen LogP contribution is 2.49. The smallest absolute Gasteiger partial charge is 0.305 e. The van der Waals surface area contributed by atoms with Crippen molar-refractivity contribution in [2.24, 2.45) is 11.8 Å². The van der Waals surface area contributed by atoms with Gasteiger partial charge in [0, 0.05) is 18.0 Å². The first kappa shape index (κ1) is 11.5. The highest BCUT2D eigenvalue weighted by Gasteiger charge is 2.50. The number of carbonyl (C=O) groups is 1. The van der Waals surface area contributed by atoms with Gasteiger partial charge in [-0.1, -0.05) is 6.42 Å². The molecule has 1 spiro atoms. The van der Waals surface area contributed by atoms with Crippen molar-refractivity contribution in [2.75, 3.05) is 7.11 Å². The number of hydrogen-bond donors (Lipinski definition) is 1. The van der Waals surface area contributed by atoms with E-state index in [0.717, 1.165) is 5.92 Å². The minimum absolute atomic E-state index is 0.0277. The Balaban J connectivity index is 1.62. The Morgan fingerprint density at radius 1 is 1.41 bits per heavy atom. The lowest BCUT2D eigenvalue weighted by molar-refractivity contribution is -0.142. The van der Waals surface area contributed by atoms with Crippen molar-refractivity contribution in [1.29, 1.82) is 0 Å². The van der Waals surface area contributed by atoms with Crippen LogP contribution >= 0.6 is 0 Å². The van der Waals surface area contributed by atoms with Crippen LogP contribution in [0, 0.1) is 11.8 Å². The molecule has 2 atom stereocenters. The van der Waals surface area contributed by atoms with E-state index in [1.54, 1.807) is 0 Å². The summed E-state index contributed by atoms with van der Waals surface area (Å²) in [6, 6.07) is 0.676. The van der Waals surface area contributed by atoms with Gasteiger partial charge in [0.2, 0.25) is 0 Å². The molecule has 0 amide bonds. The van der Waals surface area contributed by atoms with Crippen LogP contribution in [0.25, 0.3) is 0 Å². The normalized spacial score (nSPS) is 35.4. The van der Waals surface area contributed by atoms with Crippen LogP contribution in [0.5, 0.6) is 0 Å². The van der Waals surface area contributed by atoms with Crippen LogP contribution in [0.1, 0.15) is 51.4 Å². The molecule has 3 fully saturated rings. The van der Waals surface area contributed by atoms with Gasteiger partial charge in [-0.15, -0.1) is 0 Å². The molecule has 1 N–H and O–H groups in total. The maximum atomic E-state index is 11.4. The van der Waals surface area contributed by atoms with Crippen molar-refractivity contribution in [3.8, 4) is 0 Å². The van der Waals surface area contributed by atoms with Gasteiger partial charge < -0.3 is 10.1 Å². The molecule has 3 heteroatoms. The molecule has 1 aliphatic heterocycles. The summed E-state index contributed by atoms with van der Waals surface area (Å²) in [5.74, 6) is 1.41. The Morgan fingerprint density at radius 3 is 2.71 bits per heavy atom. The number of hydrogen-bond acceptors (Lipinski definition) is 3. The SMILES string of the molecule is COC(=O)CC1CC(C2CCC2)NC2(CC2)C1. The van der Waals surface area contributed by atoms with E-state index in [-0.39, 0.29) is 5.97 Å². The predicted octanol–water partition coefficient (Wildman–Crippen LogP) is 2.25. The molecule has 0 radical (unpaired) electrons. The van der Waals surface area contributed by atoms with Gasteiger partial charge in [0.15, 0.2) is 0 Å². The second kappa shape index (κ2) is 4.27. The van der Waals surface area contributed by atoms with Crippen molar-refractivity contribution in [3.05, 3.63) is 0 Å². The van der Waals surface area contributed by atoms with Crippen LogP contribution in [0.3, 0.4) is 0 Å². The van der Waals surface area contributed by atoms with E-state index in [9.17, 15) is 4.79 Å². The first-order valence-electron chi connectivity index (χ1n) is 7.05. The molecule has 2 aliphatic carbocycles. The van der Waals surface area contributed by atoms with Crippen molar-refractivity contribution in [1.82, 2.24) is 5.32 Å². The molecular weight excluding hydrogens is 214 g/mol. The van der Waals surface area contributed by atoms with Gasteiger partial charge in [0.05, 0.1) is 7.11 Å². The number of ether oxygens (including phenoxy) is 1. The number of piperidine rings is 1. The zero-order chi connectivity index (χ0) is 11.9. The lowest BCUT2D eigenvalue weighted by atomic mass is 9.72. The molecule has 2 saturated carbocycles. The Labute approximate surface area is 103 Å². The van der Waals surface area contributed by atoms with Gasteiger partial charge in [0.1, 0.15) is 0 Å². The maximum absolute atomic E-state index is 11.4. The molecule has 0 bridgehead atoms. The Bertz CT molecular complexity index is 307. The van der Waals surface area contributed by atoms with E-state index < -0.39 is 0 Å². The van der Waals surface area contributed by atoms with Crippen LogP contribution in [0.15, 0.2) is 0 Å². The van der Waals surface area contributed by atoms with Crippen LogP contribution in [-0.4, -0.2) is 24.7 Å². The van der Waals surface area contributed by atoms with Crippen molar-refractivity contribution in [2.45, 2.75) is 62.9 Å². The molecule has 3 aliphatic rings. The number of esters is 1. The van der Waals surface area contributed by atoms with Crippen LogP contribution in [0.2, 0.25) is 0 Å². The van der Waals surface area contributed by atoms with E-state index in [1.165, 1.54) is 52.1 Å².